The fourth-order valence-electron chi connectivity index (χ4n) is 1.91. The third-order valence-electron chi connectivity index (χ3n) is 2.77. The smallest absolute Gasteiger partial charge is 0.216 e. The summed E-state index contributed by atoms with van der Waals surface area (Å²) in [6.07, 6.45) is -0.0137. The first-order chi connectivity index (χ1) is 7.72. The number of ether oxygens (including phenoxy) is 1. The molecule has 0 saturated heterocycles. The zero-order valence-corrected chi connectivity index (χ0v) is 9.63. The van der Waals surface area contributed by atoms with Gasteiger partial charge in [-0.2, -0.15) is 0 Å². The molecule has 1 heterocycles. The van der Waals surface area contributed by atoms with Crippen molar-refractivity contribution in [1.29, 1.82) is 0 Å². The Balaban J connectivity index is 2.20. The molecule has 1 N–H and O–H groups in total. The molecule has 16 heavy (non-hydrogen) atoms. The van der Waals surface area contributed by atoms with Gasteiger partial charge in [0, 0.05) is 5.56 Å². The average molecular weight is 219 g/mol. The van der Waals surface area contributed by atoms with Crippen LogP contribution < -0.4 is 0 Å². The van der Waals surface area contributed by atoms with Crippen LogP contribution in [0.1, 0.15) is 19.4 Å². The molecule has 2 atom stereocenters. The first-order valence-corrected chi connectivity index (χ1v) is 5.63. The summed E-state index contributed by atoms with van der Waals surface area (Å²) < 4.78 is 5.80. The standard InChI is InChI=1S/C13H17NO2/c1-9(2)12-11(8-15)14-13(16-12)10-6-4-3-5-7-10/h3-7,9,11-12,15H,8H2,1-2H3/t11-,12-/m0/s1. The summed E-state index contributed by atoms with van der Waals surface area (Å²) in [5.74, 6) is 1.00. The molecule has 86 valence electrons. The summed E-state index contributed by atoms with van der Waals surface area (Å²) in [7, 11) is 0. The van der Waals surface area contributed by atoms with Crippen molar-refractivity contribution in [2.24, 2.45) is 10.9 Å². The topological polar surface area (TPSA) is 41.8 Å². The molecule has 2 rings (SSSR count). The van der Waals surface area contributed by atoms with Crippen molar-refractivity contribution in [3.8, 4) is 0 Å². The van der Waals surface area contributed by atoms with Crippen LogP contribution in [0, 0.1) is 5.92 Å². The predicted molar refractivity (Wildman–Crippen MR) is 63.6 cm³/mol. The maximum absolute atomic E-state index is 9.26. The highest BCUT2D eigenvalue weighted by Gasteiger charge is 2.33. The van der Waals surface area contributed by atoms with Gasteiger partial charge in [0.1, 0.15) is 12.1 Å². The Morgan fingerprint density at radius 1 is 1.31 bits per heavy atom. The summed E-state index contributed by atoms with van der Waals surface area (Å²) in [4.78, 5) is 4.42. The highest BCUT2D eigenvalue weighted by molar-refractivity contribution is 5.95. The number of aliphatic hydroxyl groups is 1. The minimum Gasteiger partial charge on any atom is -0.472 e. The highest BCUT2D eigenvalue weighted by Crippen LogP contribution is 2.23. The number of benzene rings is 1. The van der Waals surface area contributed by atoms with Crippen molar-refractivity contribution in [2.45, 2.75) is 26.0 Å². The van der Waals surface area contributed by atoms with Crippen LogP contribution in [0.2, 0.25) is 0 Å². The van der Waals surface area contributed by atoms with Crippen molar-refractivity contribution in [2.75, 3.05) is 6.61 Å². The second-order valence-electron chi connectivity index (χ2n) is 4.38. The number of hydrogen-bond acceptors (Lipinski definition) is 3. The van der Waals surface area contributed by atoms with E-state index in [9.17, 15) is 5.11 Å². The van der Waals surface area contributed by atoms with Gasteiger partial charge in [-0.25, -0.2) is 4.99 Å². The normalized spacial score (nSPS) is 24.4. The van der Waals surface area contributed by atoms with E-state index < -0.39 is 0 Å². The Bertz CT molecular complexity index is 373. The van der Waals surface area contributed by atoms with E-state index in [1.54, 1.807) is 0 Å². The molecule has 1 aliphatic rings. The van der Waals surface area contributed by atoms with Crippen molar-refractivity contribution in [3.63, 3.8) is 0 Å². The molecule has 0 radical (unpaired) electrons. The largest absolute Gasteiger partial charge is 0.472 e. The van der Waals surface area contributed by atoms with Crippen LogP contribution in [0.4, 0.5) is 0 Å². The highest BCUT2D eigenvalue weighted by atomic mass is 16.5. The van der Waals surface area contributed by atoms with Gasteiger partial charge < -0.3 is 9.84 Å². The van der Waals surface area contributed by atoms with Gasteiger partial charge in [-0.15, -0.1) is 0 Å². The quantitative estimate of drug-likeness (QED) is 0.843. The summed E-state index contributed by atoms with van der Waals surface area (Å²) in [5.41, 5.74) is 0.976. The van der Waals surface area contributed by atoms with Gasteiger partial charge in [0.25, 0.3) is 0 Å². The van der Waals surface area contributed by atoms with E-state index in [0.29, 0.717) is 11.8 Å². The Hall–Kier alpha value is -1.35. The molecule has 3 nitrogen and oxygen atoms in total. The molecular formula is C13H17NO2. The Morgan fingerprint density at radius 3 is 2.50 bits per heavy atom. The molecule has 0 aromatic heterocycles. The maximum atomic E-state index is 9.26. The third-order valence-corrected chi connectivity index (χ3v) is 2.77. The lowest BCUT2D eigenvalue weighted by molar-refractivity contribution is 0.111. The lowest BCUT2D eigenvalue weighted by Gasteiger charge is -2.19. The van der Waals surface area contributed by atoms with Crippen LogP contribution in [0.3, 0.4) is 0 Å². The van der Waals surface area contributed by atoms with Crippen molar-refractivity contribution in [3.05, 3.63) is 35.9 Å². The third kappa shape index (κ3) is 2.09. The molecule has 0 bridgehead atoms. The number of rotatable bonds is 3. The van der Waals surface area contributed by atoms with E-state index in [0.717, 1.165) is 5.56 Å². The van der Waals surface area contributed by atoms with Gasteiger partial charge in [-0.05, 0) is 18.1 Å². The van der Waals surface area contributed by atoms with Crippen molar-refractivity contribution < 1.29 is 9.84 Å². The SMILES string of the molecule is CC(C)[C@@H]1OC(c2ccccc2)=N[C@H]1CO. The van der Waals surface area contributed by atoms with E-state index in [2.05, 4.69) is 18.8 Å². The van der Waals surface area contributed by atoms with Crippen LogP contribution in [0.25, 0.3) is 0 Å². The van der Waals surface area contributed by atoms with Crippen molar-refractivity contribution in [1.82, 2.24) is 0 Å². The minimum absolute atomic E-state index is 0.0137. The Kier molecular flexibility index (Phi) is 3.25. The molecule has 0 fully saturated rings. The fourth-order valence-corrected chi connectivity index (χ4v) is 1.91. The molecule has 1 aromatic rings. The van der Waals surface area contributed by atoms with Gasteiger partial charge in [0.2, 0.25) is 5.90 Å². The van der Waals surface area contributed by atoms with E-state index in [-0.39, 0.29) is 18.8 Å². The van der Waals surface area contributed by atoms with E-state index >= 15 is 0 Å². The molecular weight excluding hydrogens is 202 g/mol. The lowest BCUT2D eigenvalue weighted by atomic mass is 10.0. The van der Waals surface area contributed by atoms with Crippen LogP contribution in [-0.2, 0) is 4.74 Å². The van der Waals surface area contributed by atoms with Gasteiger partial charge in [0.05, 0.1) is 6.61 Å². The predicted octanol–water partition coefficient (Wildman–Crippen LogP) is 1.85. The van der Waals surface area contributed by atoms with E-state index in [1.807, 2.05) is 30.3 Å². The number of hydrogen-bond donors (Lipinski definition) is 1. The van der Waals surface area contributed by atoms with Gasteiger partial charge in [-0.3, -0.25) is 0 Å². The van der Waals surface area contributed by atoms with Crippen LogP contribution in [0.15, 0.2) is 35.3 Å². The van der Waals surface area contributed by atoms with E-state index in [1.165, 1.54) is 0 Å². The first-order valence-electron chi connectivity index (χ1n) is 5.63. The minimum atomic E-state index is -0.129. The van der Waals surface area contributed by atoms with Crippen LogP contribution in [-0.4, -0.2) is 29.8 Å². The molecule has 1 aromatic carbocycles. The molecule has 0 amide bonds. The number of aliphatic imine (C=N–C) groups is 1. The van der Waals surface area contributed by atoms with Crippen LogP contribution >= 0.6 is 0 Å². The van der Waals surface area contributed by atoms with Gasteiger partial charge >= 0.3 is 0 Å². The number of aliphatic hydroxyl groups excluding tert-OH is 1. The van der Waals surface area contributed by atoms with Gasteiger partial charge in [0.15, 0.2) is 0 Å². The zero-order valence-electron chi connectivity index (χ0n) is 9.63. The summed E-state index contributed by atoms with van der Waals surface area (Å²) in [5, 5.41) is 9.26. The second kappa shape index (κ2) is 4.66. The molecule has 1 aliphatic heterocycles. The van der Waals surface area contributed by atoms with Crippen LogP contribution in [0.5, 0.6) is 0 Å². The molecule has 0 unspecified atom stereocenters. The summed E-state index contributed by atoms with van der Waals surface area (Å²) in [6.45, 7) is 4.20. The summed E-state index contributed by atoms with van der Waals surface area (Å²) in [6, 6.07) is 9.68. The maximum Gasteiger partial charge on any atom is 0.216 e. The molecule has 0 saturated carbocycles. The zero-order chi connectivity index (χ0) is 11.5. The molecule has 0 spiro atoms. The van der Waals surface area contributed by atoms with E-state index in [4.69, 9.17) is 4.74 Å². The Labute approximate surface area is 95.8 Å². The fraction of sp³-hybridized carbons (Fsp3) is 0.462. The molecule has 3 heteroatoms. The lowest BCUT2D eigenvalue weighted by Crippen LogP contribution is -2.30. The molecule has 0 aliphatic carbocycles. The monoisotopic (exact) mass is 219 g/mol. The second-order valence-corrected chi connectivity index (χ2v) is 4.38. The van der Waals surface area contributed by atoms with Crippen molar-refractivity contribution >= 4 is 5.90 Å². The number of nitrogens with zero attached hydrogens (tertiary/aromatic N) is 1. The first kappa shape index (κ1) is 11.1. The van der Waals surface area contributed by atoms with Gasteiger partial charge in [-0.1, -0.05) is 32.0 Å². The average Bonchev–Trinajstić information content (AvgIpc) is 2.74. The summed E-state index contributed by atoms with van der Waals surface area (Å²) >= 11 is 0. The Morgan fingerprint density at radius 2 is 2.00 bits per heavy atom.